The number of hydrogen-bond donors (Lipinski definition) is 0. The van der Waals surface area contributed by atoms with Crippen LogP contribution in [0.2, 0.25) is 18.1 Å². The highest BCUT2D eigenvalue weighted by atomic mass is 28.4. The second kappa shape index (κ2) is 5.86. The van der Waals surface area contributed by atoms with E-state index in [1.54, 1.807) is 0 Å². The second-order valence-corrected chi connectivity index (χ2v) is 12.9. The fraction of sp³-hybridized carbons (Fsp3) is 1.00. The summed E-state index contributed by atoms with van der Waals surface area (Å²) in [5.41, 5.74) is 0. The van der Waals surface area contributed by atoms with Gasteiger partial charge in [0.1, 0.15) is 0 Å². The normalized spacial score (nSPS) is 30.2. The summed E-state index contributed by atoms with van der Waals surface area (Å²) in [5, 5.41) is 0.341. The van der Waals surface area contributed by atoms with Crippen molar-refractivity contribution in [1.29, 1.82) is 0 Å². The average molecular weight is 284 g/mol. The first-order chi connectivity index (χ1) is 8.81. The SMILES string of the molecule is CC(C)(C)[Si](C)(C)OC[C@H]1CCCN2CCCC[C@@H]12. The minimum atomic E-state index is -1.56. The molecule has 2 atom stereocenters. The molecule has 2 saturated heterocycles. The van der Waals surface area contributed by atoms with Gasteiger partial charge in [-0.3, -0.25) is 0 Å². The zero-order chi connectivity index (χ0) is 14.1. The van der Waals surface area contributed by atoms with Crippen LogP contribution in [0.25, 0.3) is 0 Å². The first kappa shape index (κ1) is 15.5. The van der Waals surface area contributed by atoms with Gasteiger partial charge in [0.25, 0.3) is 0 Å². The van der Waals surface area contributed by atoms with Crippen molar-refractivity contribution in [2.75, 3.05) is 19.7 Å². The zero-order valence-corrected chi connectivity index (χ0v) is 14.7. The minimum Gasteiger partial charge on any atom is -0.416 e. The van der Waals surface area contributed by atoms with E-state index in [1.165, 1.54) is 45.2 Å². The van der Waals surface area contributed by atoms with E-state index in [4.69, 9.17) is 4.43 Å². The van der Waals surface area contributed by atoms with Crippen molar-refractivity contribution >= 4 is 8.32 Å². The summed E-state index contributed by atoms with van der Waals surface area (Å²) >= 11 is 0. The number of fused-ring (bicyclic) bond motifs is 1. The van der Waals surface area contributed by atoms with Crippen LogP contribution in [-0.4, -0.2) is 39.0 Å². The van der Waals surface area contributed by atoms with E-state index in [0.717, 1.165) is 18.6 Å². The summed E-state index contributed by atoms with van der Waals surface area (Å²) in [5.74, 6) is 0.795. The van der Waals surface area contributed by atoms with Crippen LogP contribution >= 0.6 is 0 Å². The molecule has 2 rings (SSSR count). The van der Waals surface area contributed by atoms with Crippen molar-refractivity contribution in [3.8, 4) is 0 Å². The lowest BCUT2D eigenvalue weighted by Crippen LogP contribution is -2.51. The smallest absolute Gasteiger partial charge is 0.191 e. The fourth-order valence-electron chi connectivity index (χ4n) is 3.30. The molecule has 0 spiro atoms. The van der Waals surface area contributed by atoms with Gasteiger partial charge in [0, 0.05) is 12.6 Å². The molecule has 0 aliphatic carbocycles. The molecule has 0 aromatic rings. The van der Waals surface area contributed by atoms with Gasteiger partial charge in [-0.25, -0.2) is 0 Å². The molecule has 0 aromatic carbocycles. The van der Waals surface area contributed by atoms with Gasteiger partial charge in [-0.1, -0.05) is 27.2 Å². The van der Waals surface area contributed by atoms with Gasteiger partial charge in [-0.05, 0) is 62.8 Å². The first-order valence-corrected chi connectivity index (χ1v) is 11.1. The standard InChI is InChI=1S/C16H33NOSi/c1-16(2,3)19(4,5)18-13-14-9-8-12-17-11-7-6-10-15(14)17/h14-15H,6-13H2,1-5H3/t14-,15+/m1/s1. The maximum atomic E-state index is 6.49. The Morgan fingerprint density at radius 2 is 1.74 bits per heavy atom. The predicted molar refractivity (Wildman–Crippen MR) is 85.1 cm³/mol. The van der Waals surface area contributed by atoms with Crippen molar-refractivity contribution < 1.29 is 4.43 Å². The Hall–Kier alpha value is 0.137. The van der Waals surface area contributed by atoms with Crippen molar-refractivity contribution in [3.63, 3.8) is 0 Å². The highest BCUT2D eigenvalue weighted by molar-refractivity contribution is 6.74. The molecule has 0 N–H and O–H groups in total. The number of nitrogens with zero attached hydrogens (tertiary/aromatic N) is 1. The van der Waals surface area contributed by atoms with Gasteiger partial charge in [-0.15, -0.1) is 0 Å². The van der Waals surface area contributed by atoms with Crippen LogP contribution < -0.4 is 0 Å². The molecule has 2 aliphatic rings. The third kappa shape index (κ3) is 3.62. The van der Waals surface area contributed by atoms with E-state index in [1.807, 2.05) is 0 Å². The lowest BCUT2D eigenvalue weighted by molar-refractivity contribution is 0.0337. The Labute approximate surface area is 121 Å². The van der Waals surface area contributed by atoms with Crippen LogP contribution in [0.4, 0.5) is 0 Å². The third-order valence-corrected chi connectivity index (χ3v) is 10.2. The molecule has 3 heteroatoms. The van der Waals surface area contributed by atoms with Gasteiger partial charge in [0.05, 0.1) is 0 Å². The Morgan fingerprint density at radius 3 is 2.42 bits per heavy atom. The molecule has 2 heterocycles. The van der Waals surface area contributed by atoms with Gasteiger partial charge < -0.3 is 9.33 Å². The molecule has 0 bridgehead atoms. The van der Waals surface area contributed by atoms with Crippen molar-refractivity contribution in [2.45, 2.75) is 77.0 Å². The van der Waals surface area contributed by atoms with Crippen LogP contribution in [0.3, 0.4) is 0 Å². The molecule has 112 valence electrons. The Bertz CT molecular complexity index is 296. The molecule has 0 saturated carbocycles. The fourth-order valence-corrected chi connectivity index (χ4v) is 4.37. The Balaban J connectivity index is 1.91. The molecule has 0 amide bonds. The molecule has 0 aromatic heterocycles. The lowest BCUT2D eigenvalue weighted by Gasteiger charge is -2.46. The molecule has 2 fully saturated rings. The Kier molecular flexibility index (Phi) is 4.79. The molecule has 2 nitrogen and oxygen atoms in total. The van der Waals surface area contributed by atoms with Gasteiger partial charge in [-0.2, -0.15) is 0 Å². The van der Waals surface area contributed by atoms with E-state index in [-0.39, 0.29) is 0 Å². The van der Waals surface area contributed by atoms with E-state index in [2.05, 4.69) is 38.8 Å². The average Bonchev–Trinajstić information content (AvgIpc) is 2.35. The summed E-state index contributed by atoms with van der Waals surface area (Å²) in [4.78, 5) is 2.74. The highest BCUT2D eigenvalue weighted by Crippen LogP contribution is 2.38. The summed E-state index contributed by atoms with van der Waals surface area (Å²) in [6.07, 6.45) is 7.01. The predicted octanol–water partition coefficient (Wildman–Crippen LogP) is 4.27. The quantitative estimate of drug-likeness (QED) is 0.717. The van der Waals surface area contributed by atoms with Crippen LogP contribution in [0.1, 0.15) is 52.9 Å². The topological polar surface area (TPSA) is 12.5 Å². The summed E-state index contributed by atoms with van der Waals surface area (Å²) in [7, 11) is -1.56. The maximum Gasteiger partial charge on any atom is 0.191 e. The van der Waals surface area contributed by atoms with Gasteiger partial charge in [0.2, 0.25) is 0 Å². The number of rotatable bonds is 3. The first-order valence-electron chi connectivity index (χ1n) is 8.19. The molecular formula is C16H33NOSi. The zero-order valence-electron chi connectivity index (χ0n) is 13.7. The van der Waals surface area contributed by atoms with Crippen molar-refractivity contribution in [3.05, 3.63) is 0 Å². The summed E-state index contributed by atoms with van der Waals surface area (Å²) < 4.78 is 6.49. The van der Waals surface area contributed by atoms with Crippen LogP contribution in [0, 0.1) is 5.92 Å². The highest BCUT2D eigenvalue weighted by Gasteiger charge is 2.39. The van der Waals surface area contributed by atoms with E-state index in [0.29, 0.717) is 5.04 Å². The molecular weight excluding hydrogens is 250 g/mol. The minimum absolute atomic E-state index is 0.341. The van der Waals surface area contributed by atoms with Crippen LogP contribution in [0.15, 0.2) is 0 Å². The lowest BCUT2D eigenvalue weighted by atomic mass is 9.84. The maximum absolute atomic E-state index is 6.49. The van der Waals surface area contributed by atoms with Gasteiger partial charge in [0.15, 0.2) is 8.32 Å². The van der Waals surface area contributed by atoms with Crippen LogP contribution in [0.5, 0.6) is 0 Å². The molecule has 0 unspecified atom stereocenters. The molecule has 2 aliphatic heterocycles. The van der Waals surface area contributed by atoms with E-state index in [9.17, 15) is 0 Å². The monoisotopic (exact) mass is 283 g/mol. The molecule has 0 radical (unpaired) electrons. The number of hydrogen-bond acceptors (Lipinski definition) is 2. The van der Waals surface area contributed by atoms with E-state index < -0.39 is 8.32 Å². The van der Waals surface area contributed by atoms with E-state index >= 15 is 0 Å². The summed E-state index contributed by atoms with van der Waals surface area (Å²) in [6, 6.07) is 0.826. The Morgan fingerprint density at radius 1 is 1.05 bits per heavy atom. The van der Waals surface area contributed by atoms with Gasteiger partial charge >= 0.3 is 0 Å². The summed E-state index contributed by atoms with van der Waals surface area (Å²) in [6.45, 7) is 15.5. The molecule has 19 heavy (non-hydrogen) atoms. The number of piperidine rings is 2. The largest absolute Gasteiger partial charge is 0.416 e. The third-order valence-electron chi connectivity index (χ3n) is 5.69. The second-order valence-electron chi connectivity index (χ2n) is 8.07. The van der Waals surface area contributed by atoms with Crippen molar-refractivity contribution in [1.82, 2.24) is 4.90 Å². The van der Waals surface area contributed by atoms with Crippen molar-refractivity contribution in [2.24, 2.45) is 5.92 Å². The van der Waals surface area contributed by atoms with Crippen LogP contribution in [-0.2, 0) is 4.43 Å².